The van der Waals surface area contributed by atoms with Crippen LogP contribution >= 0.6 is 0 Å². The molecule has 6 nitrogen and oxygen atoms in total. The number of nitrogens with one attached hydrogen (secondary N) is 1. The summed E-state index contributed by atoms with van der Waals surface area (Å²) < 4.78 is 1.73. The quantitative estimate of drug-likeness (QED) is 0.725. The van der Waals surface area contributed by atoms with E-state index in [1.54, 1.807) is 4.68 Å². The Morgan fingerprint density at radius 2 is 1.52 bits per heavy atom. The molecule has 4 rings (SSSR count). The summed E-state index contributed by atoms with van der Waals surface area (Å²) >= 11 is 0. The molecule has 1 fully saturated rings. The summed E-state index contributed by atoms with van der Waals surface area (Å²) in [6.45, 7) is 4.13. The highest BCUT2D eigenvalue weighted by Gasteiger charge is 2.13. The maximum atomic E-state index is 4.15. The van der Waals surface area contributed by atoms with Gasteiger partial charge in [-0.2, -0.15) is 4.68 Å². The summed E-state index contributed by atoms with van der Waals surface area (Å²) in [5.41, 5.74) is 3.62. The van der Waals surface area contributed by atoms with Gasteiger partial charge < -0.3 is 5.32 Å². The summed E-state index contributed by atoms with van der Waals surface area (Å²) in [4.78, 5) is 2.58. The van der Waals surface area contributed by atoms with Gasteiger partial charge >= 0.3 is 0 Å². The van der Waals surface area contributed by atoms with Crippen LogP contribution in [0.1, 0.15) is 36.8 Å². The number of para-hydroxylation sites is 1. The van der Waals surface area contributed by atoms with Crippen molar-refractivity contribution in [1.29, 1.82) is 0 Å². The fourth-order valence-corrected chi connectivity index (χ4v) is 3.63. The van der Waals surface area contributed by atoms with E-state index in [4.69, 9.17) is 0 Å². The molecule has 0 atom stereocenters. The lowest BCUT2D eigenvalue weighted by Gasteiger charge is -2.21. The maximum absolute atomic E-state index is 4.15. The maximum Gasteiger partial charge on any atom is 0.248 e. The van der Waals surface area contributed by atoms with Gasteiger partial charge in [0.25, 0.3) is 0 Å². The SMILES string of the molecule is c1ccc(-n2nnnc2NCc2ccccc2CN2CCCCCC2)cc1. The Morgan fingerprint density at radius 1 is 0.815 bits per heavy atom. The minimum absolute atomic E-state index is 0.658. The molecule has 0 spiro atoms. The third kappa shape index (κ3) is 4.52. The van der Waals surface area contributed by atoms with Crippen LogP contribution in [0.2, 0.25) is 0 Å². The lowest BCUT2D eigenvalue weighted by Crippen LogP contribution is -2.24. The average molecular weight is 362 g/mol. The molecule has 0 unspecified atom stereocenters. The van der Waals surface area contributed by atoms with E-state index in [-0.39, 0.29) is 0 Å². The van der Waals surface area contributed by atoms with Crippen LogP contribution in [0.25, 0.3) is 5.69 Å². The van der Waals surface area contributed by atoms with Crippen molar-refractivity contribution in [2.45, 2.75) is 38.8 Å². The second-order valence-electron chi connectivity index (χ2n) is 7.06. The van der Waals surface area contributed by atoms with Crippen molar-refractivity contribution >= 4 is 5.95 Å². The lowest BCUT2D eigenvalue weighted by molar-refractivity contribution is 0.276. The minimum Gasteiger partial charge on any atom is -0.349 e. The smallest absolute Gasteiger partial charge is 0.248 e. The number of rotatable bonds is 6. The monoisotopic (exact) mass is 362 g/mol. The van der Waals surface area contributed by atoms with Crippen molar-refractivity contribution in [1.82, 2.24) is 25.1 Å². The summed E-state index contributed by atoms with van der Waals surface area (Å²) in [6, 6.07) is 18.6. The molecule has 6 heteroatoms. The highest BCUT2D eigenvalue weighted by molar-refractivity contribution is 5.39. The lowest BCUT2D eigenvalue weighted by atomic mass is 10.1. The van der Waals surface area contributed by atoms with Gasteiger partial charge in [0, 0.05) is 13.1 Å². The number of aromatic nitrogens is 4. The first-order chi connectivity index (χ1) is 13.4. The third-order valence-corrected chi connectivity index (χ3v) is 5.12. The number of likely N-dealkylation sites (tertiary alicyclic amines) is 1. The molecule has 1 N–H and O–H groups in total. The zero-order chi connectivity index (χ0) is 18.3. The van der Waals surface area contributed by atoms with Gasteiger partial charge in [0.1, 0.15) is 0 Å². The second kappa shape index (κ2) is 8.77. The first kappa shape index (κ1) is 17.7. The standard InChI is InChI=1S/C21H26N6/c1-2-9-15-26(14-8-1)17-19-11-7-6-10-18(19)16-22-21-23-24-25-27(21)20-12-4-3-5-13-20/h3-7,10-13H,1-2,8-9,14-17H2,(H,22,23,25). The predicted octanol–water partition coefficient (Wildman–Crippen LogP) is 3.65. The van der Waals surface area contributed by atoms with Crippen molar-refractivity contribution in [3.8, 4) is 5.69 Å². The number of tetrazole rings is 1. The van der Waals surface area contributed by atoms with Crippen LogP contribution in [0, 0.1) is 0 Å². The van der Waals surface area contributed by atoms with E-state index in [2.05, 4.69) is 50.0 Å². The summed E-state index contributed by atoms with van der Waals surface area (Å²) in [6.07, 6.45) is 5.35. The molecule has 0 amide bonds. The molecule has 0 radical (unpaired) electrons. The molecule has 3 aromatic rings. The summed E-state index contributed by atoms with van der Waals surface area (Å²) in [5.74, 6) is 0.658. The molecule has 1 aromatic heterocycles. The van der Waals surface area contributed by atoms with Crippen LogP contribution in [-0.4, -0.2) is 38.2 Å². The molecule has 0 aliphatic carbocycles. The van der Waals surface area contributed by atoms with Gasteiger partial charge in [-0.1, -0.05) is 60.4 Å². The second-order valence-corrected chi connectivity index (χ2v) is 7.06. The van der Waals surface area contributed by atoms with E-state index in [1.807, 2.05) is 30.3 Å². The first-order valence-electron chi connectivity index (χ1n) is 9.77. The predicted molar refractivity (Wildman–Crippen MR) is 107 cm³/mol. The van der Waals surface area contributed by atoms with E-state index in [0.717, 1.165) is 12.2 Å². The number of benzene rings is 2. The average Bonchev–Trinajstić information content (AvgIpc) is 3.04. The minimum atomic E-state index is 0.658. The van der Waals surface area contributed by atoms with Crippen LogP contribution in [0.5, 0.6) is 0 Å². The molecule has 27 heavy (non-hydrogen) atoms. The summed E-state index contributed by atoms with van der Waals surface area (Å²) in [5, 5.41) is 15.5. The van der Waals surface area contributed by atoms with E-state index in [9.17, 15) is 0 Å². The number of hydrogen-bond donors (Lipinski definition) is 1. The van der Waals surface area contributed by atoms with Crippen molar-refractivity contribution in [2.75, 3.05) is 18.4 Å². The topological polar surface area (TPSA) is 58.9 Å². The first-order valence-corrected chi connectivity index (χ1v) is 9.77. The molecule has 1 aliphatic rings. The van der Waals surface area contributed by atoms with E-state index < -0.39 is 0 Å². The van der Waals surface area contributed by atoms with Gasteiger partial charge in [0.05, 0.1) is 5.69 Å². The number of hydrogen-bond acceptors (Lipinski definition) is 5. The van der Waals surface area contributed by atoms with Crippen LogP contribution < -0.4 is 5.32 Å². The molecule has 0 bridgehead atoms. The number of nitrogens with zero attached hydrogens (tertiary/aromatic N) is 5. The van der Waals surface area contributed by atoms with Crippen molar-refractivity contribution < 1.29 is 0 Å². The molecule has 1 aliphatic heterocycles. The van der Waals surface area contributed by atoms with Gasteiger partial charge in [0.2, 0.25) is 5.95 Å². The van der Waals surface area contributed by atoms with Crippen LogP contribution in [-0.2, 0) is 13.1 Å². The van der Waals surface area contributed by atoms with Gasteiger partial charge in [-0.3, -0.25) is 4.90 Å². The Hall–Kier alpha value is -2.73. The Balaban J connectivity index is 1.46. The Kier molecular flexibility index (Phi) is 5.74. The van der Waals surface area contributed by atoms with Crippen molar-refractivity contribution in [3.63, 3.8) is 0 Å². The van der Waals surface area contributed by atoms with E-state index in [0.29, 0.717) is 12.5 Å². The van der Waals surface area contributed by atoms with Gasteiger partial charge in [0.15, 0.2) is 0 Å². The Bertz CT molecular complexity index is 837. The highest BCUT2D eigenvalue weighted by Crippen LogP contribution is 2.18. The molecule has 2 heterocycles. The fourth-order valence-electron chi connectivity index (χ4n) is 3.63. The van der Waals surface area contributed by atoms with E-state index in [1.165, 1.54) is 49.9 Å². The van der Waals surface area contributed by atoms with Crippen molar-refractivity contribution in [2.24, 2.45) is 0 Å². The van der Waals surface area contributed by atoms with Gasteiger partial charge in [-0.05, 0) is 59.6 Å². The molecular weight excluding hydrogens is 336 g/mol. The molecule has 0 saturated carbocycles. The molecule has 140 valence electrons. The molecular formula is C21H26N6. The molecule has 1 saturated heterocycles. The normalized spacial score (nSPS) is 15.4. The zero-order valence-electron chi connectivity index (χ0n) is 15.6. The van der Waals surface area contributed by atoms with Gasteiger partial charge in [-0.15, -0.1) is 0 Å². The van der Waals surface area contributed by atoms with E-state index >= 15 is 0 Å². The Labute approximate surface area is 160 Å². The largest absolute Gasteiger partial charge is 0.349 e. The van der Waals surface area contributed by atoms with Crippen LogP contribution in [0.15, 0.2) is 54.6 Å². The van der Waals surface area contributed by atoms with Gasteiger partial charge in [-0.25, -0.2) is 0 Å². The highest BCUT2D eigenvalue weighted by atomic mass is 15.6. The van der Waals surface area contributed by atoms with Crippen LogP contribution in [0.3, 0.4) is 0 Å². The molecule has 2 aromatic carbocycles. The third-order valence-electron chi connectivity index (χ3n) is 5.12. The fraction of sp³-hybridized carbons (Fsp3) is 0.381. The zero-order valence-corrected chi connectivity index (χ0v) is 15.6. The van der Waals surface area contributed by atoms with Crippen LogP contribution in [0.4, 0.5) is 5.95 Å². The summed E-state index contributed by atoms with van der Waals surface area (Å²) in [7, 11) is 0. The van der Waals surface area contributed by atoms with Crippen molar-refractivity contribution in [3.05, 3.63) is 65.7 Å². The number of anilines is 1. The Morgan fingerprint density at radius 3 is 2.30 bits per heavy atom.